The number of nitrogens with one attached hydrogen (secondary N) is 1. The average Bonchev–Trinajstić information content (AvgIpc) is 2.33. The van der Waals surface area contributed by atoms with Crippen LogP contribution in [0.5, 0.6) is 0 Å². The van der Waals surface area contributed by atoms with Gasteiger partial charge in [-0.05, 0) is 0 Å². The first kappa shape index (κ1) is 9.04. The van der Waals surface area contributed by atoms with Crippen LogP contribution in [0.4, 0.5) is 10.6 Å². The number of anilines is 1. The summed E-state index contributed by atoms with van der Waals surface area (Å²) in [4.78, 5) is 20.8. The molecule has 0 aliphatic heterocycles. The Hall–Kier alpha value is -2.05. The van der Waals surface area contributed by atoms with Gasteiger partial charge in [0.2, 0.25) is 5.91 Å². The number of carbonyl (C=O) groups is 2. The van der Waals surface area contributed by atoms with Gasteiger partial charge in [0.05, 0.1) is 0 Å². The number of hydrogen-bond donors (Lipinski definition) is 3. The Morgan fingerprint density at radius 2 is 2.23 bits per heavy atom. The van der Waals surface area contributed by atoms with Crippen molar-refractivity contribution < 1.29 is 9.59 Å². The summed E-state index contributed by atoms with van der Waals surface area (Å²) in [5, 5.41) is 6.05. The van der Waals surface area contributed by atoms with E-state index in [2.05, 4.69) is 10.4 Å². The van der Waals surface area contributed by atoms with Crippen LogP contribution < -0.4 is 16.8 Å². The van der Waals surface area contributed by atoms with E-state index < -0.39 is 11.9 Å². The van der Waals surface area contributed by atoms with Crippen molar-refractivity contribution in [2.24, 2.45) is 11.5 Å². The maximum Gasteiger partial charge on any atom is 0.317 e. The van der Waals surface area contributed by atoms with E-state index in [-0.39, 0.29) is 12.4 Å². The lowest BCUT2D eigenvalue weighted by Gasteiger charge is -1.96. The molecule has 0 unspecified atom stereocenters. The van der Waals surface area contributed by atoms with E-state index in [1.54, 1.807) is 0 Å². The number of carbonyl (C=O) groups excluding carboxylic acids is 2. The van der Waals surface area contributed by atoms with Crippen LogP contribution >= 0.6 is 0 Å². The van der Waals surface area contributed by atoms with E-state index in [0.717, 1.165) is 0 Å². The Labute approximate surface area is 73.7 Å². The van der Waals surface area contributed by atoms with Crippen molar-refractivity contribution in [3.05, 3.63) is 12.3 Å². The van der Waals surface area contributed by atoms with Crippen LogP contribution in [0, 0.1) is 0 Å². The fourth-order valence-electron chi connectivity index (χ4n) is 0.802. The minimum atomic E-state index is -0.704. The van der Waals surface area contributed by atoms with E-state index in [1.165, 1.54) is 16.9 Å². The Kier molecular flexibility index (Phi) is 2.48. The first-order valence-corrected chi connectivity index (χ1v) is 3.46. The Morgan fingerprint density at radius 3 is 2.77 bits per heavy atom. The van der Waals surface area contributed by atoms with E-state index in [0.29, 0.717) is 0 Å². The second-order valence-electron chi connectivity index (χ2n) is 2.35. The predicted octanol–water partition coefficient (Wildman–Crippen LogP) is -1.14. The molecule has 0 saturated carbocycles. The molecule has 0 aliphatic carbocycles. The van der Waals surface area contributed by atoms with Crippen LogP contribution in [0.25, 0.3) is 0 Å². The molecule has 1 heterocycles. The van der Waals surface area contributed by atoms with Gasteiger partial charge in [-0.1, -0.05) is 0 Å². The molecule has 7 nitrogen and oxygen atoms in total. The molecule has 13 heavy (non-hydrogen) atoms. The lowest BCUT2D eigenvalue weighted by molar-refractivity contribution is -0.118. The zero-order valence-electron chi connectivity index (χ0n) is 6.73. The molecule has 70 valence electrons. The lowest BCUT2D eigenvalue weighted by atomic mass is 10.6. The zero-order valence-corrected chi connectivity index (χ0v) is 6.73. The average molecular weight is 183 g/mol. The third-order valence-corrected chi connectivity index (χ3v) is 1.21. The van der Waals surface area contributed by atoms with Crippen LogP contribution in [0.1, 0.15) is 0 Å². The molecular formula is C6H9N5O2. The fourth-order valence-corrected chi connectivity index (χ4v) is 0.802. The van der Waals surface area contributed by atoms with Gasteiger partial charge in [-0.2, -0.15) is 5.10 Å². The molecule has 1 aromatic rings. The van der Waals surface area contributed by atoms with Crippen LogP contribution in [0.15, 0.2) is 12.3 Å². The van der Waals surface area contributed by atoms with Gasteiger partial charge in [0.15, 0.2) is 5.82 Å². The van der Waals surface area contributed by atoms with Crippen LogP contribution in [-0.2, 0) is 11.3 Å². The van der Waals surface area contributed by atoms with Gasteiger partial charge in [-0.25, -0.2) is 4.79 Å². The van der Waals surface area contributed by atoms with E-state index in [1.807, 2.05) is 0 Å². The number of amides is 3. The number of nitrogens with two attached hydrogens (primary N) is 2. The number of primary amides is 2. The molecule has 7 heteroatoms. The van der Waals surface area contributed by atoms with Gasteiger partial charge in [-0.3, -0.25) is 14.8 Å². The molecule has 1 rings (SSSR count). The molecule has 3 amide bonds. The van der Waals surface area contributed by atoms with Gasteiger partial charge < -0.3 is 11.5 Å². The molecular weight excluding hydrogens is 174 g/mol. The molecule has 0 radical (unpaired) electrons. The fraction of sp³-hybridized carbons (Fsp3) is 0.167. The van der Waals surface area contributed by atoms with Gasteiger partial charge in [0, 0.05) is 12.3 Å². The highest BCUT2D eigenvalue weighted by atomic mass is 16.2. The normalized spacial score (nSPS) is 9.54. The Balaban J connectivity index is 2.63. The molecule has 0 aliphatic rings. The maximum absolute atomic E-state index is 10.4. The second kappa shape index (κ2) is 3.57. The first-order valence-electron chi connectivity index (χ1n) is 3.46. The number of urea groups is 1. The summed E-state index contributed by atoms with van der Waals surface area (Å²) in [6.45, 7) is -0.0273. The predicted molar refractivity (Wildman–Crippen MR) is 44.6 cm³/mol. The van der Waals surface area contributed by atoms with Crippen molar-refractivity contribution in [1.82, 2.24) is 9.78 Å². The lowest BCUT2D eigenvalue weighted by Crippen LogP contribution is -2.21. The third kappa shape index (κ3) is 2.81. The monoisotopic (exact) mass is 183 g/mol. The summed E-state index contributed by atoms with van der Waals surface area (Å²) >= 11 is 0. The molecule has 1 aromatic heterocycles. The second-order valence-corrected chi connectivity index (χ2v) is 2.35. The highest BCUT2D eigenvalue weighted by molar-refractivity contribution is 5.86. The summed E-state index contributed by atoms with van der Waals surface area (Å²) in [6.07, 6.45) is 1.51. The van der Waals surface area contributed by atoms with E-state index in [9.17, 15) is 9.59 Å². The van der Waals surface area contributed by atoms with Gasteiger partial charge in [0.25, 0.3) is 0 Å². The minimum Gasteiger partial charge on any atom is -0.368 e. The number of nitrogens with zero attached hydrogens (tertiary/aromatic N) is 2. The van der Waals surface area contributed by atoms with Crippen molar-refractivity contribution in [3.63, 3.8) is 0 Å². The molecule has 0 spiro atoms. The summed E-state index contributed by atoms with van der Waals surface area (Å²) in [5.74, 6) is -0.220. The van der Waals surface area contributed by atoms with Gasteiger partial charge in [0.1, 0.15) is 6.54 Å². The van der Waals surface area contributed by atoms with Gasteiger partial charge >= 0.3 is 6.03 Å². The van der Waals surface area contributed by atoms with Gasteiger partial charge in [-0.15, -0.1) is 0 Å². The number of aromatic nitrogens is 2. The van der Waals surface area contributed by atoms with Crippen molar-refractivity contribution in [3.8, 4) is 0 Å². The van der Waals surface area contributed by atoms with E-state index >= 15 is 0 Å². The first-order chi connectivity index (χ1) is 6.08. The summed E-state index contributed by atoms with van der Waals surface area (Å²) in [7, 11) is 0. The molecule has 0 aromatic carbocycles. The number of rotatable bonds is 3. The van der Waals surface area contributed by atoms with E-state index in [4.69, 9.17) is 11.5 Å². The molecule has 0 saturated heterocycles. The standard InChI is InChI=1S/C6H9N5O2/c7-4(12)3-11-2-1-5(10-11)9-6(8)13/h1-2H,3H2,(H2,7,12)(H3,8,9,10,13). The quantitative estimate of drug-likeness (QED) is 0.549. The molecule has 0 fully saturated rings. The SMILES string of the molecule is NC(=O)Cn1ccc(NC(N)=O)n1. The highest BCUT2D eigenvalue weighted by Crippen LogP contribution is 2.00. The molecule has 5 N–H and O–H groups in total. The highest BCUT2D eigenvalue weighted by Gasteiger charge is 2.02. The molecule has 0 bridgehead atoms. The van der Waals surface area contributed by atoms with Crippen molar-refractivity contribution in [2.75, 3.05) is 5.32 Å². The number of hydrogen-bond acceptors (Lipinski definition) is 3. The molecule has 0 atom stereocenters. The van der Waals surface area contributed by atoms with Crippen molar-refractivity contribution in [2.45, 2.75) is 6.54 Å². The topological polar surface area (TPSA) is 116 Å². The van der Waals surface area contributed by atoms with Crippen LogP contribution in [0.2, 0.25) is 0 Å². The summed E-state index contributed by atoms with van der Waals surface area (Å²) < 4.78 is 1.30. The van der Waals surface area contributed by atoms with Crippen LogP contribution in [-0.4, -0.2) is 21.7 Å². The zero-order chi connectivity index (χ0) is 9.84. The van der Waals surface area contributed by atoms with Crippen molar-refractivity contribution in [1.29, 1.82) is 0 Å². The largest absolute Gasteiger partial charge is 0.368 e. The summed E-state index contributed by atoms with van der Waals surface area (Å²) in [6, 6.07) is 0.803. The Morgan fingerprint density at radius 1 is 1.54 bits per heavy atom. The van der Waals surface area contributed by atoms with Crippen molar-refractivity contribution >= 4 is 17.8 Å². The summed E-state index contributed by atoms with van der Waals surface area (Å²) in [5.41, 5.74) is 9.77. The minimum absolute atomic E-state index is 0.0273. The third-order valence-electron chi connectivity index (χ3n) is 1.21. The maximum atomic E-state index is 10.4. The Bertz CT molecular complexity index is 301. The van der Waals surface area contributed by atoms with Crippen LogP contribution in [0.3, 0.4) is 0 Å². The smallest absolute Gasteiger partial charge is 0.317 e.